The molecule has 1 aliphatic heterocycles. The number of hydrogen-bond donors (Lipinski definition) is 1. The van der Waals surface area contributed by atoms with Gasteiger partial charge in [-0.05, 0) is 37.1 Å². The van der Waals surface area contributed by atoms with E-state index in [2.05, 4.69) is 9.98 Å². The Bertz CT molecular complexity index is 947. The first-order valence-corrected chi connectivity index (χ1v) is 7.41. The van der Waals surface area contributed by atoms with E-state index in [4.69, 9.17) is 0 Å². The third-order valence-corrected chi connectivity index (χ3v) is 4.36. The minimum atomic E-state index is 0.0260. The minimum Gasteiger partial charge on any atom is -0.352 e. The van der Waals surface area contributed by atoms with Crippen LogP contribution in [0.5, 0.6) is 0 Å². The highest BCUT2D eigenvalue weighted by atomic mass is 16.1. The highest BCUT2D eigenvalue weighted by Crippen LogP contribution is 2.24. The van der Waals surface area contributed by atoms with E-state index in [0.29, 0.717) is 11.3 Å². The van der Waals surface area contributed by atoms with Crippen LogP contribution >= 0.6 is 0 Å². The maximum absolute atomic E-state index is 12.8. The Morgan fingerprint density at radius 1 is 1.14 bits per heavy atom. The van der Waals surface area contributed by atoms with E-state index in [-0.39, 0.29) is 5.78 Å². The molecule has 2 aromatic carbocycles. The zero-order valence-corrected chi connectivity index (χ0v) is 12.6. The number of fused-ring (bicyclic) bond motifs is 2. The molecule has 108 valence electrons. The van der Waals surface area contributed by atoms with Crippen molar-refractivity contribution in [3.63, 3.8) is 0 Å². The molecule has 0 atom stereocenters. The molecule has 0 saturated heterocycles. The summed E-state index contributed by atoms with van der Waals surface area (Å²) in [6.07, 6.45) is 0. The first kappa shape index (κ1) is 13.0. The van der Waals surface area contributed by atoms with Crippen LogP contribution in [-0.2, 0) is 6.54 Å². The van der Waals surface area contributed by atoms with E-state index in [1.807, 2.05) is 56.3 Å². The number of nitrogens with zero attached hydrogens (tertiary/aromatic N) is 1. The SMILES string of the molecule is CC1=NCc2ccc(C(=O)c3cc4cccc(C)c4[nH]3)cc21. The number of H-pyrrole nitrogens is 1. The second kappa shape index (κ2) is 4.67. The number of aromatic amines is 1. The molecule has 1 aliphatic rings. The number of aliphatic imine (C=N–C) groups is 1. The van der Waals surface area contributed by atoms with Crippen molar-refractivity contribution in [3.05, 3.63) is 70.4 Å². The lowest BCUT2D eigenvalue weighted by Gasteiger charge is -2.03. The van der Waals surface area contributed by atoms with Gasteiger partial charge in [-0.2, -0.15) is 0 Å². The average molecular weight is 288 g/mol. The van der Waals surface area contributed by atoms with E-state index in [1.54, 1.807) is 0 Å². The van der Waals surface area contributed by atoms with Crippen LogP contribution < -0.4 is 0 Å². The van der Waals surface area contributed by atoms with Gasteiger partial charge in [0.15, 0.2) is 0 Å². The summed E-state index contributed by atoms with van der Waals surface area (Å²) in [5.74, 6) is 0.0260. The van der Waals surface area contributed by atoms with E-state index in [9.17, 15) is 4.79 Å². The fourth-order valence-electron chi connectivity index (χ4n) is 3.07. The number of aromatic nitrogens is 1. The van der Waals surface area contributed by atoms with Gasteiger partial charge in [-0.15, -0.1) is 0 Å². The Kier molecular flexibility index (Phi) is 2.76. The van der Waals surface area contributed by atoms with Gasteiger partial charge in [-0.25, -0.2) is 0 Å². The molecule has 0 radical (unpaired) electrons. The van der Waals surface area contributed by atoms with Gasteiger partial charge in [0.1, 0.15) is 0 Å². The molecule has 22 heavy (non-hydrogen) atoms. The van der Waals surface area contributed by atoms with Crippen LogP contribution in [-0.4, -0.2) is 16.5 Å². The Balaban J connectivity index is 1.79. The standard InChI is InChI=1S/C19H16N2O/c1-11-4-3-5-13-9-17(21-18(11)13)19(22)14-6-7-15-10-20-12(2)16(15)8-14/h3-9,21H,10H2,1-2H3. The van der Waals surface area contributed by atoms with E-state index in [1.165, 1.54) is 5.56 Å². The number of para-hydroxylation sites is 1. The fourth-order valence-corrected chi connectivity index (χ4v) is 3.07. The summed E-state index contributed by atoms with van der Waals surface area (Å²) >= 11 is 0. The Hall–Kier alpha value is -2.68. The molecule has 0 spiro atoms. The third-order valence-electron chi connectivity index (χ3n) is 4.36. The lowest BCUT2D eigenvalue weighted by atomic mass is 10.00. The maximum Gasteiger partial charge on any atom is 0.209 e. The van der Waals surface area contributed by atoms with Crippen LogP contribution in [0.25, 0.3) is 10.9 Å². The monoisotopic (exact) mass is 288 g/mol. The Labute approximate surface area is 128 Å². The van der Waals surface area contributed by atoms with Crippen LogP contribution in [0, 0.1) is 6.92 Å². The number of hydrogen-bond acceptors (Lipinski definition) is 2. The van der Waals surface area contributed by atoms with Crippen LogP contribution in [0.1, 0.15) is 39.7 Å². The molecule has 0 fully saturated rings. The predicted molar refractivity (Wildman–Crippen MR) is 88.8 cm³/mol. The molecule has 3 aromatic rings. The van der Waals surface area contributed by atoms with Crippen molar-refractivity contribution >= 4 is 22.4 Å². The smallest absolute Gasteiger partial charge is 0.209 e. The van der Waals surface area contributed by atoms with Gasteiger partial charge in [-0.3, -0.25) is 9.79 Å². The normalized spacial score (nSPS) is 13.3. The second-order valence-corrected chi connectivity index (χ2v) is 5.82. The average Bonchev–Trinajstić information content (AvgIpc) is 3.11. The minimum absolute atomic E-state index is 0.0260. The summed E-state index contributed by atoms with van der Waals surface area (Å²) < 4.78 is 0. The molecule has 4 rings (SSSR count). The first-order valence-electron chi connectivity index (χ1n) is 7.41. The molecule has 0 unspecified atom stereocenters. The van der Waals surface area contributed by atoms with Gasteiger partial charge in [0.05, 0.1) is 12.2 Å². The molecule has 0 aliphatic carbocycles. The molecule has 2 heterocycles. The summed E-state index contributed by atoms with van der Waals surface area (Å²) in [4.78, 5) is 20.4. The van der Waals surface area contributed by atoms with E-state index < -0.39 is 0 Å². The van der Waals surface area contributed by atoms with E-state index >= 15 is 0 Å². The molecule has 3 nitrogen and oxygen atoms in total. The predicted octanol–water partition coefficient (Wildman–Crippen LogP) is 4.03. The molecule has 3 heteroatoms. The highest BCUT2D eigenvalue weighted by Gasteiger charge is 2.17. The van der Waals surface area contributed by atoms with Crippen LogP contribution in [0.3, 0.4) is 0 Å². The van der Waals surface area contributed by atoms with Crippen LogP contribution in [0.15, 0.2) is 47.5 Å². The Morgan fingerprint density at radius 2 is 2.00 bits per heavy atom. The summed E-state index contributed by atoms with van der Waals surface area (Å²) in [7, 11) is 0. The van der Waals surface area contributed by atoms with Crippen molar-refractivity contribution in [2.75, 3.05) is 0 Å². The molecule has 0 saturated carbocycles. The largest absolute Gasteiger partial charge is 0.352 e. The number of ketones is 1. The molecule has 1 aromatic heterocycles. The van der Waals surface area contributed by atoms with Gasteiger partial charge in [-0.1, -0.05) is 30.3 Å². The fraction of sp³-hybridized carbons (Fsp3) is 0.158. The quantitative estimate of drug-likeness (QED) is 0.711. The first-order chi connectivity index (χ1) is 10.6. The topological polar surface area (TPSA) is 45.2 Å². The molecule has 0 amide bonds. The van der Waals surface area contributed by atoms with Crippen LogP contribution in [0.2, 0.25) is 0 Å². The zero-order chi connectivity index (χ0) is 15.3. The number of benzene rings is 2. The second-order valence-electron chi connectivity index (χ2n) is 5.82. The summed E-state index contributed by atoms with van der Waals surface area (Å²) in [6.45, 7) is 4.76. The van der Waals surface area contributed by atoms with Gasteiger partial charge >= 0.3 is 0 Å². The molecule has 0 bridgehead atoms. The molecular formula is C19H16N2O. The van der Waals surface area contributed by atoms with Crippen molar-refractivity contribution in [1.82, 2.24) is 4.98 Å². The van der Waals surface area contributed by atoms with Gasteiger partial charge in [0.25, 0.3) is 0 Å². The maximum atomic E-state index is 12.8. The highest BCUT2D eigenvalue weighted by molar-refractivity contribution is 6.12. The lowest BCUT2D eigenvalue weighted by molar-refractivity contribution is 0.103. The van der Waals surface area contributed by atoms with Gasteiger partial charge in [0.2, 0.25) is 5.78 Å². The summed E-state index contributed by atoms with van der Waals surface area (Å²) in [6, 6.07) is 13.9. The van der Waals surface area contributed by atoms with Crippen molar-refractivity contribution in [2.45, 2.75) is 20.4 Å². The number of aryl methyl sites for hydroxylation is 1. The van der Waals surface area contributed by atoms with Gasteiger partial charge in [0, 0.05) is 27.7 Å². The van der Waals surface area contributed by atoms with Crippen molar-refractivity contribution in [1.29, 1.82) is 0 Å². The number of nitrogens with one attached hydrogen (secondary N) is 1. The van der Waals surface area contributed by atoms with Crippen molar-refractivity contribution in [2.24, 2.45) is 4.99 Å². The summed E-state index contributed by atoms with van der Waals surface area (Å²) in [5.41, 5.74) is 6.83. The number of rotatable bonds is 2. The van der Waals surface area contributed by atoms with Crippen LogP contribution in [0.4, 0.5) is 0 Å². The summed E-state index contributed by atoms with van der Waals surface area (Å²) in [5, 5.41) is 1.07. The number of carbonyl (C=O) groups excluding carboxylic acids is 1. The third kappa shape index (κ3) is 1.90. The molecular weight excluding hydrogens is 272 g/mol. The number of carbonyl (C=O) groups is 1. The molecule has 1 N–H and O–H groups in total. The lowest BCUT2D eigenvalue weighted by Crippen LogP contribution is -2.04. The zero-order valence-electron chi connectivity index (χ0n) is 12.6. The van der Waals surface area contributed by atoms with Gasteiger partial charge < -0.3 is 4.98 Å². The Morgan fingerprint density at radius 3 is 2.82 bits per heavy atom. The van der Waals surface area contributed by atoms with Crippen molar-refractivity contribution < 1.29 is 4.79 Å². The van der Waals surface area contributed by atoms with Crippen molar-refractivity contribution in [3.8, 4) is 0 Å². The van der Waals surface area contributed by atoms with E-state index in [0.717, 1.165) is 34.3 Å².